The molecule has 0 fully saturated rings. The Bertz CT molecular complexity index is 899. The lowest BCUT2D eigenvalue weighted by Crippen LogP contribution is -2.72. The number of benzene rings is 1. The second kappa shape index (κ2) is 9.15. The first kappa shape index (κ1) is 32.2. The minimum Gasteiger partial charge on any atom is -0.385 e. The Balaban J connectivity index is 3.45. The van der Waals surface area contributed by atoms with Crippen molar-refractivity contribution < 1.29 is 71.0 Å². The lowest BCUT2D eigenvalue weighted by Gasteiger charge is -2.42. The van der Waals surface area contributed by atoms with Crippen molar-refractivity contribution in [2.45, 2.75) is 80.9 Å². The predicted molar refractivity (Wildman–Crippen MR) is 94.9 cm³/mol. The van der Waals surface area contributed by atoms with Gasteiger partial charge in [0.15, 0.2) is 0 Å². The summed E-state index contributed by atoms with van der Waals surface area (Å²) in [7, 11) is 0. The van der Waals surface area contributed by atoms with Gasteiger partial charge in [-0.05, 0) is 30.4 Å². The van der Waals surface area contributed by atoms with Crippen molar-refractivity contribution in [3.63, 3.8) is 0 Å². The Morgan fingerprint density at radius 2 is 0.972 bits per heavy atom. The topological polar surface area (TPSA) is 20.2 Å². The SMILES string of the molecule is CC(C)Cc1ccc(C(C)(O)CC(F)(F)C(F)(F)C(F)(F)C(F)(F)C(F)(F)C(F)(F)C(F)(F)F)cc1. The Hall–Kier alpha value is -1.87. The molecule has 0 bridgehead atoms. The van der Waals surface area contributed by atoms with Crippen LogP contribution < -0.4 is 0 Å². The van der Waals surface area contributed by atoms with Gasteiger partial charge in [-0.1, -0.05) is 38.1 Å². The molecule has 0 spiro atoms. The maximum absolute atomic E-state index is 14.2. The van der Waals surface area contributed by atoms with E-state index in [9.17, 15) is 71.0 Å². The zero-order chi connectivity index (χ0) is 29.0. The molecule has 1 aromatic carbocycles. The van der Waals surface area contributed by atoms with E-state index in [4.69, 9.17) is 0 Å². The van der Waals surface area contributed by atoms with Gasteiger partial charge in [0.05, 0.1) is 12.0 Å². The van der Waals surface area contributed by atoms with E-state index in [0.29, 0.717) is 18.9 Å². The first-order valence-corrected chi connectivity index (χ1v) is 9.75. The fourth-order valence-electron chi connectivity index (χ4n) is 3.12. The number of halogens is 15. The zero-order valence-corrected chi connectivity index (χ0v) is 18.4. The molecule has 1 aromatic rings. The van der Waals surface area contributed by atoms with Crippen molar-refractivity contribution in [1.82, 2.24) is 0 Å². The van der Waals surface area contributed by atoms with Crippen LogP contribution in [0.25, 0.3) is 0 Å². The minimum atomic E-state index is -8.35. The third-order valence-electron chi connectivity index (χ3n) is 5.18. The molecular weight excluding hydrogens is 541 g/mol. The van der Waals surface area contributed by atoms with Crippen molar-refractivity contribution in [2.75, 3.05) is 0 Å². The van der Waals surface area contributed by atoms with E-state index in [1.54, 1.807) is 13.8 Å². The van der Waals surface area contributed by atoms with Crippen LogP contribution in [0.15, 0.2) is 24.3 Å². The van der Waals surface area contributed by atoms with Crippen LogP contribution in [0.3, 0.4) is 0 Å². The lowest BCUT2D eigenvalue weighted by atomic mass is 9.83. The number of hydrogen-bond donors (Lipinski definition) is 1. The molecule has 0 aliphatic carbocycles. The molecule has 36 heavy (non-hydrogen) atoms. The molecule has 1 rings (SSSR count). The van der Waals surface area contributed by atoms with E-state index in [1.807, 2.05) is 0 Å². The van der Waals surface area contributed by atoms with E-state index in [2.05, 4.69) is 0 Å². The van der Waals surface area contributed by atoms with Crippen LogP contribution in [0, 0.1) is 5.92 Å². The number of alkyl halides is 15. The Morgan fingerprint density at radius 1 is 0.611 bits per heavy atom. The van der Waals surface area contributed by atoms with E-state index in [0.717, 1.165) is 12.1 Å². The van der Waals surface area contributed by atoms with E-state index in [-0.39, 0.29) is 5.92 Å². The highest BCUT2D eigenvalue weighted by atomic mass is 19.4. The van der Waals surface area contributed by atoms with E-state index in [1.165, 1.54) is 12.1 Å². The molecule has 0 aromatic heterocycles. The minimum absolute atomic E-state index is 0.0751. The molecule has 0 heterocycles. The standard InChI is InChI=1S/C20H19F15O/c1-10(2)8-11-4-6-12(7-5-11)13(3,36)9-14(21,22)15(23,24)16(25,26)17(27,28)18(29,30)19(31,32)20(33,34)35/h4-7,10,36H,8-9H2,1-3H3. The predicted octanol–water partition coefficient (Wildman–Crippen LogP) is 7.86. The molecule has 0 aliphatic rings. The Morgan fingerprint density at radius 3 is 1.33 bits per heavy atom. The van der Waals surface area contributed by atoms with Crippen LogP contribution >= 0.6 is 0 Å². The molecule has 1 nitrogen and oxygen atoms in total. The molecule has 0 saturated heterocycles. The van der Waals surface area contributed by atoms with Gasteiger partial charge >= 0.3 is 41.7 Å². The maximum atomic E-state index is 14.2. The van der Waals surface area contributed by atoms with Crippen molar-refractivity contribution >= 4 is 0 Å². The summed E-state index contributed by atoms with van der Waals surface area (Å²) in [6, 6.07) is 4.19. The van der Waals surface area contributed by atoms with Crippen molar-refractivity contribution in [3.8, 4) is 0 Å². The van der Waals surface area contributed by atoms with Gasteiger partial charge in [0, 0.05) is 0 Å². The first-order chi connectivity index (χ1) is 15.6. The molecule has 1 atom stereocenters. The lowest BCUT2D eigenvalue weighted by molar-refractivity contribution is -0.453. The highest BCUT2D eigenvalue weighted by Gasteiger charge is 2.93. The first-order valence-electron chi connectivity index (χ1n) is 9.75. The van der Waals surface area contributed by atoms with Crippen LogP contribution in [0.4, 0.5) is 65.9 Å². The van der Waals surface area contributed by atoms with Crippen LogP contribution in [0.5, 0.6) is 0 Å². The molecule has 210 valence electrons. The Kier molecular flexibility index (Phi) is 8.18. The Labute approximate surface area is 194 Å². The van der Waals surface area contributed by atoms with Crippen molar-refractivity contribution in [1.29, 1.82) is 0 Å². The average Bonchev–Trinajstić information content (AvgIpc) is 2.65. The fourth-order valence-corrected chi connectivity index (χ4v) is 3.12. The summed E-state index contributed by atoms with van der Waals surface area (Å²) in [5, 5.41) is 10.2. The van der Waals surface area contributed by atoms with Gasteiger partial charge in [-0.3, -0.25) is 0 Å². The normalized spacial score (nSPS) is 16.9. The molecule has 0 amide bonds. The summed E-state index contributed by atoms with van der Waals surface area (Å²) in [6.45, 7) is 3.89. The van der Waals surface area contributed by atoms with E-state index < -0.39 is 59.3 Å². The fraction of sp³-hybridized carbons (Fsp3) is 0.700. The monoisotopic (exact) mass is 560 g/mol. The molecule has 0 saturated carbocycles. The summed E-state index contributed by atoms with van der Waals surface area (Å²) >= 11 is 0. The third kappa shape index (κ3) is 5.10. The van der Waals surface area contributed by atoms with Gasteiger partial charge in [-0.25, -0.2) is 0 Å². The van der Waals surface area contributed by atoms with Gasteiger partial charge in [0.2, 0.25) is 0 Å². The third-order valence-corrected chi connectivity index (χ3v) is 5.18. The van der Waals surface area contributed by atoms with E-state index >= 15 is 0 Å². The molecular formula is C20H19F15O. The summed E-state index contributed by atoms with van der Waals surface area (Å²) < 4.78 is 200. The van der Waals surface area contributed by atoms with Gasteiger partial charge in [-0.2, -0.15) is 65.9 Å². The van der Waals surface area contributed by atoms with Crippen LogP contribution in [0.1, 0.15) is 38.3 Å². The summed E-state index contributed by atoms with van der Waals surface area (Å²) in [4.78, 5) is 0. The summed E-state index contributed by atoms with van der Waals surface area (Å²) in [5.74, 6) is -47.0. The molecule has 1 N–H and O–H groups in total. The van der Waals surface area contributed by atoms with Crippen LogP contribution in [0.2, 0.25) is 0 Å². The van der Waals surface area contributed by atoms with Crippen LogP contribution in [-0.2, 0) is 12.0 Å². The van der Waals surface area contributed by atoms with Crippen LogP contribution in [-0.4, -0.2) is 46.8 Å². The van der Waals surface area contributed by atoms with Crippen molar-refractivity contribution in [3.05, 3.63) is 35.4 Å². The second-order valence-corrected chi connectivity index (χ2v) is 8.82. The molecule has 0 aliphatic heterocycles. The second-order valence-electron chi connectivity index (χ2n) is 8.82. The quantitative estimate of drug-likeness (QED) is 0.289. The number of hydrogen-bond acceptors (Lipinski definition) is 1. The van der Waals surface area contributed by atoms with Gasteiger partial charge < -0.3 is 5.11 Å². The largest absolute Gasteiger partial charge is 0.460 e. The van der Waals surface area contributed by atoms with Gasteiger partial charge in [0.25, 0.3) is 0 Å². The van der Waals surface area contributed by atoms with Gasteiger partial charge in [0.1, 0.15) is 0 Å². The maximum Gasteiger partial charge on any atom is 0.460 e. The molecule has 16 heteroatoms. The number of rotatable bonds is 10. The summed E-state index contributed by atoms with van der Waals surface area (Å²) in [5.41, 5.74) is -3.32. The molecule has 0 radical (unpaired) electrons. The highest BCUT2D eigenvalue weighted by molar-refractivity contribution is 5.28. The molecule has 1 unspecified atom stereocenters. The smallest absolute Gasteiger partial charge is 0.385 e. The van der Waals surface area contributed by atoms with Crippen molar-refractivity contribution in [2.24, 2.45) is 5.92 Å². The zero-order valence-electron chi connectivity index (χ0n) is 18.4. The number of aliphatic hydroxyl groups is 1. The van der Waals surface area contributed by atoms with Gasteiger partial charge in [-0.15, -0.1) is 0 Å². The summed E-state index contributed by atoms with van der Waals surface area (Å²) in [6.07, 6.45) is -10.1. The highest BCUT2D eigenvalue weighted by Crippen LogP contribution is 2.63. The average molecular weight is 560 g/mol.